The minimum atomic E-state index is 0.212. The highest BCUT2D eigenvalue weighted by Gasteiger charge is 2.12. The summed E-state index contributed by atoms with van der Waals surface area (Å²) < 4.78 is 1.33. The third-order valence-corrected chi connectivity index (χ3v) is 4.92. The molecule has 0 fully saturated rings. The molecule has 3 aromatic rings. The van der Waals surface area contributed by atoms with Crippen molar-refractivity contribution in [2.45, 2.75) is 18.9 Å². The van der Waals surface area contributed by atoms with Crippen molar-refractivity contribution >= 4 is 33.0 Å². The highest BCUT2D eigenvalue weighted by Crippen LogP contribution is 2.27. The molecular weight excluding hydrogens is 300 g/mol. The van der Waals surface area contributed by atoms with E-state index in [-0.39, 0.29) is 6.04 Å². The Hall–Kier alpha value is -1.39. The van der Waals surface area contributed by atoms with Gasteiger partial charge in [0.25, 0.3) is 0 Å². The van der Waals surface area contributed by atoms with Crippen molar-refractivity contribution in [2.75, 3.05) is 0 Å². The van der Waals surface area contributed by atoms with Crippen LogP contribution in [0, 0.1) is 0 Å². The number of benzene rings is 2. The summed E-state index contributed by atoms with van der Waals surface area (Å²) in [5, 5.41) is 4.33. The summed E-state index contributed by atoms with van der Waals surface area (Å²) >= 11 is 7.71. The zero-order valence-corrected chi connectivity index (χ0v) is 13.1. The summed E-state index contributed by atoms with van der Waals surface area (Å²) in [7, 11) is 0. The Bertz CT molecular complexity index is 721. The lowest BCUT2D eigenvalue weighted by Crippen LogP contribution is -2.38. The highest BCUT2D eigenvalue weighted by molar-refractivity contribution is 7.17. The van der Waals surface area contributed by atoms with Gasteiger partial charge in [0.1, 0.15) is 0 Å². The molecule has 0 aliphatic heterocycles. The number of hydrogen-bond donors (Lipinski definition) is 2. The molecule has 1 unspecified atom stereocenters. The van der Waals surface area contributed by atoms with Gasteiger partial charge in [0.05, 0.1) is 0 Å². The number of hydrazine groups is 1. The smallest absolute Gasteiger partial charge is 0.0406 e. The molecule has 4 heteroatoms. The summed E-state index contributed by atoms with van der Waals surface area (Å²) in [4.78, 5) is 0. The van der Waals surface area contributed by atoms with Crippen molar-refractivity contribution in [1.82, 2.24) is 5.43 Å². The molecule has 0 saturated heterocycles. The normalized spacial score (nSPS) is 12.7. The molecule has 0 spiro atoms. The van der Waals surface area contributed by atoms with E-state index in [4.69, 9.17) is 17.4 Å². The summed E-state index contributed by atoms with van der Waals surface area (Å²) in [6.07, 6.45) is 1.81. The zero-order chi connectivity index (χ0) is 14.7. The summed E-state index contributed by atoms with van der Waals surface area (Å²) in [6, 6.07) is 16.7. The highest BCUT2D eigenvalue weighted by atomic mass is 35.5. The van der Waals surface area contributed by atoms with E-state index in [1.165, 1.54) is 21.2 Å². The van der Waals surface area contributed by atoms with E-state index in [1.807, 2.05) is 12.1 Å². The van der Waals surface area contributed by atoms with Crippen molar-refractivity contribution in [3.05, 3.63) is 70.1 Å². The number of hydrogen-bond acceptors (Lipinski definition) is 3. The molecule has 0 amide bonds. The molecule has 0 aliphatic carbocycles. The summed E-state index contributed by atoms with van der Waals surface area (Å²) in [5.41, 5.74) is 5.53. The second-order valence-corrected chi connectivity index (χ2v) is 6.50. The van der Waals surface area contributed by atoms with Gasteiger partial charge in [-0.25, -0.2) is 0 Å². The predicted molar refractivity (Wildman–Crippen MR) is 91.8 cm³/mol. The topological polar surface area (TPSA) is 38.0 Å². The van der Waals surface area contributed by atoms with Crippen LogP contribution in [0.4, 0.5) is 0 Å². The Balaban J connectivity index is 1.76. The van der Waals surface area contributed by atoms with Gasteiger partial charge in [0, 0.05) is 15.8 Å². The molecule has 1 aromatic heterocycles. The monoisotopic (exact) mass is 316 g/mol. The maximum absolute atomic E-state index is 5.92. The first-order chi connectivity index (χ1) is 10.3. The Kier molecular flexibility index (Phi) is 4.56. The molecule has 3 N–H and O–H groups in total. The van der Waals surface area contributed by atoms with Crippen LogP contribution in [0.5, 0.6) is 0 Å². The average Bonchev–Trinajstić information content (AvgIpc) is 2.92. The molecule has 0 bridgehead atoms. The zero-order valence-electron chi connectivity index (χ0n) is 11.6. The number of rotatable bonds is 5. The minimum Gasteiger partial charge on any atom is -0.271 e. The Morgan fingerprint density at radius 3 is 2.57 bits per heavy atom. The van der Waals surface area contributed by atoms with Crippen molar-refractivity contribution in [3.8, 4) is 0 Å². The molecule has 1 atom stereocenters. The molecule has 0 radical (unpaired) electrons. The second kappa shape index (κ2) is 6.58. The molecule has 0 saturated carbocycles. The van der Waals surface area contributed by atoms with Crippen LogP contribution in [0.25, 0.3) is 10.1 Å². The van der Waals surface area contributed by atoms with Crippen LogP contribution in [0.1, 0.15) is 11.1 Å². The van der Waals surface area contributed by atoms with Gasteiger partial charge in [-0.3, -0.25) is 11.3 Å². The van der Waals surface area contributed by atoms with Gasteiger partial charge in [0.15, 0.2) is 0 Å². The third kappa shape index (κ3) is 3.44. The van der Waals surface area contributed by atoms with E-state index < -0.39 is 0 Å². The molecule has 0 aliphatic rings. The van der Waals surface area contributed by atoms with Crippen LogP contribution in [0.3, 0.4) is 0 Å². The van der Waals surface area contributed by atoms with Gasteiger partial charge in [-0.1, -0.05) is 41.9 Å². The number of fused-ring (bicyclic) bond motifs is 1. The molecule has 3 rings (SSSR count). The fourth-order valence-corrected chi connectivity index (χ4v) is 3.65. The minimum absolute atomic E-state index is 0.212. The Morgan fingerprint density at radius 2 is 1.81 bits per heavy atom. The molecule has 108 valence electrons. The quantitative estimate of drug-likeness (QED) is 0.547. The largest absolute Gasteiger partial charge is 0.271 e. The van der Waals surface area contributed by atoms with Gasteiger partial charge in [-0.15, -0.1) is 11.3 Å². The van der Waals surface area contributed by atoms with Crippen molar-refractivity contribution < 1.29 is 0 Å². The van der Waals surface area contributed by atoms with E-state index in [0.29, 0.717) is 0 Å². The lowest BCUT2D eigenvalue weighted by molar-refractivity contribution is 0.524. The van der Waals surface area contributed by atoms with Crippen molar-refractivity contribution in [3.63, 3.8) is 0 Å². The summed E-state index contributed by atoms with van der Waals surface area (Å²) in [6.45, 7) is 0. The van der Waals surface area contributed by atoms with E-state index in [2.05, 4.69) is 47.2 Å². The van der Waals surface area contributed by atoms with E-state index >= 15 is 0 Å². The fourth-order valence-electron chi connectivity index (χ4n) is 2.55. The van der Waals surface area contributed by atoms with Gasteiger partial charge in [-0.2, -0.15) is 0 Å². The first-order valence-corrected chi connectivity index (χ1v) is 8.17. The standard InChI is InChI=1S/C17H17ClN2S/c18-14-7-5-12(6-8-14)9-15(20-19)10-13-11-21-17-4-2-1-3-16(13)17/h1-8,11,15,20H,9-10,19H2. The molecule has 2 aromatic carbocycles. The van der Waals surface area contributed by atoms with Gasteiger partial charge in [0.2, 0.25) is 0 Å². The van der Waals surface area contributed by atoms with E-state index in [1.54, 1.807) is 11.3 Å². The third-order valence-electron chi connectivity index (χ3n) is 3.66. The lowest BCUT2D eigenvalue weighted by Gasteiger charge is -2.15. The Labute approximate surface area is 133 Å². The predicted octanol–water partition coefficient (Wildman–Crippen LogP) is 4.17. The number of nitrogens with one attached hydrogen (secondary N) is 1. The lowest BCUT2D eigenvalue weighted by atomic mass is 9.99. The van der Waals surface area contributed by atoms with Crippen LogP contribution in [0.2, 0.25) is 5.02 Å². The molecular formula is C17H17ClN2S. The maximum Gasteiger partial charge on any atom is 0.0406 e. The van der Waals surface area contributed by atoms with Crippen molar-refractivity contribution in [2.24, 2.45) is 5.84 Å². The first-order valence-electron chi connectivity index (χ1n) is 6.92. The van der Waals surface area contributed by atoms with Crippen molar-refractivity contribution in [1.29, 1.82) is 0 Å². The molecule has 21 heavy (non-hydrogen) atoms. The summed E-state index contributed by atoms with van der Waals surface area (Å²) in [5.74, 6) is 5.74. The maximum atomic E-state index is 5.92. The Morgan fingerprint density at radius 1 is 1.05 bits per heavy atom. The SMILES string of the molecule is NNC(Cc1ccc(Cl)cc1)Cc1csc2ccccc12. The first kappa shape index (κ1) is 14.5. The number of nitrogens with two attached hydrogens (primary N) is 1. The van der Waals surface area contributed by atoms with Crippen LogP contribution in [-0.2, 0) is 12.8 Å². The molecule has 1 heterocycles. The van der Waals surface area contributed by atoms with E-state index in [9.17, 15) is 0 Å². The average molecular weight is 317 g/mol. The van der Waals surface area contributed by atoms with Gasteiger partial charge >= 0.3 is 0 Å². The second-order valence-electron chi connectivity index (χ2n) is 5.16. The van der Waals surface area contributed by atoms with Gasteiger partial charge < -0.3 is 0 Å². The number of thiophene rings is 1. The van der Waals surface area contributed by atoms with E-state index in [0.717, 1.165) is 17.9 Å². The number of halogens is 1. The fraction of sp³-hybridized carbons (Fsp3) is 0.176. The van der Waals surface area contributed by atoms with Crippen LogP contribution >= 0.6 is 22.9 Å². The van der Waals surface area contributed by atoms with Gasteiger partial charge in [-0.05, 0) is 52.9 Å². The van der Waals surface area contributed by atoms with Crippen LogP contribution in [0.15, 0.2) is 53.9 Å². The van der Waals surface area contributed by atoms with Crippen LogP contribution < -0.4 is 11.3 Å². The molecule has 2 nitrogen and oxygen atoms in total. The van der Waals surface area contributed by atoms with Crippen LogP contribution in [-0.4, -0.2) is 6.04 Å².